The maximum Gasteiger partial charge on any atom is 0.255 e. The lowest BCUT2D eigenvalue weighted by atomic mass is 9.86. The minimum Gasteiger partial charge on any atom is -0.492 e. The Morgan fingerprint density at radius 2 is 1.10 bits per heavy atom. The van der Waals surface area contributed by atoms with Gasteiger partial charge < -0.3 is 39.2 Å². The molecule has 2 fully saturated rings. The fraction of sp³-hybridized carbons (Fsp3) is 0.314. The predicted octanol–water partition coefficient (Wildman–Crippen LogP) is 9.97. The lowest BCUT2D eigenvalue weighted by Gasteiger charge is -2.35. The van der Waals surface area contributed by atoms with Crippen molar-refractivity contribution in [1.29, 1.82) is 0 Å². The van der Waals surface area contributed by atoms with Crippen LogP contribution in [-0.2, 0) is 51.5 Å². The van der Waals surface area contributed by atoms with Gasteiger partial charge in [-0.1, -0.05) is 111 Å². The SMILES string of the molecule is COc1c(NC(=O)c2ccc(C)c(-n3cc(-c4cnc(C(O)c5ccccc5)n4C)nn3)c2)cc(C2(C)CC2)cc1NS(C)(=O)=O.COc1c(NC(=O)c2ccc(C)c(-n3cc(-c4cnc(N5CCN(Cc6ccccc6)CC5)n4C)nn3)c2)cc(C(C)(C)C)cc1NS(C)(=O)=O. The van der Waals surface area contributed by atoms with Crippen LogP contribution in [0.4, 0.5) is 28.7 Å². The van der Waals surface area contributed by atoms with Gasteiger partial charge in [0.2, 0.25) is 26.0 Å². The number of ether oxygens (including phenoxy) is 2. The van der Waals surface area contributed by atoms with Gasteiger partial charge in [0.05, 0.1) is 97.0 Å². The van der Waals surface area contributed by atoms with Gasteiger partial charge in [-0.25, -0.2) is 36.2 Å². The molecule has 97 heavy (non-hydrogen) atoms. The van der Waals surface area contributed by atoms with Gasteiger partial charge in [0.1, 0.15) is 23.3 Å². The van der Waals surface area contributed by atoms with E-state index in [2.05, 4.69) is 86.7 Å². The molecule has 4 aromatic heterocycles. The molecule has 0 bridgehead atoms. The molecule has 2 aliphatic rings. The average Bonchev–Trinajstić information content (AvgIpc) is 1.66. The molecule has 10 aromatic rings. The van der Waals surface area contributed by atoms with E-state index in [1.807, 2.05) is 120 Å². The summed E-state index contributed by atoms with van der Waals surface area (Å²) in [5.74, 6) is 0.971. The Hall–Kier alpha value is -10.2. The first-order valence-corrected chi connectivity index (χ1v) is 35.2. The van der Waals surface area contributed by atoms with E-state index in [1.165, 1.54) is 19.8 Å². The van der Waals surface area contributed by atoms with Gasteiger partial charge in [-0.15, -0.1) is 10.2 Å². The van der Waals surface area contributed by atoms with Crippen LogP contribution < -0.4 is 34.5 Å². The first-order chi connectivity index (χ1) is 46.1. The summed E-state index contributed by atoms with van der Waals surface area (Å²) < 4.78 is 71.8. The molecule has 5 heterocycles. The summed E-state index contributed by atoms with van der Waals surface area (Å²) in [4.78, 5) is 41.3. The number of carbonyl (C=O) groups excluding carboxylic acids is 2. The summed E-state index contributed by atoms with van der Waals surface area (Å²) in [7, 11) is -0.563. The van der Waals surface area contributed by atoms with Gasteiger partial charge in [-0.2, -0.15) is 0 Å². The number of hydrogen-bond acceptors (Lipinski definition) is 17. The number of nitrogens with one attached hydrogen (secondary N) is 4. The third-order valence-electron chi connectivity index (χ3n) is 17.4. The molecule has 12 rings (SSSR count). The molecular weight excluding hydrogens is 1270 g/mol. The number of anilines is 5. The first kappa shape index (κ1) is 68.2. The second-order valence-corrected chi connectivity index (χ2v) is 29.4. The Morgan fingerprint density at radius 1 is 0.629 bits per heavy atom. The van der Waals surface area contributed by atoms with Gasteiger partial charge in [0, 0.05) is 57.9 Å². The van der Waals surface area contributed by atoms with Crippen LogP contribution in [0.1, 0.15) is 107 Å². The quantitative estimate of drug-likeness (QED) is 0.0474. The molecule has 1 aliphatic carbocycles. The van der Waals surface area contributed by atoms with Gasteiger partial charge >= 0.3 is 0 Å². The Labute approximate surface area is 564 Å². The fourth-order valence-electron chi connectivity index (χ4n) is 11.7. The van der Waals surface area contributed by atoms with Crippen LogP contribution in [0.3, 0.4) is 0 Å². The molecule has 25 nitrogen and oxygen atoms in total. The second-order valence-electron chi connectivity index (χ2n) is 25.9. The maximum atomic E-state index is 13.7. The largest absolute Gasteiger partial charge is 0.492 e. The van der Waals surface area contributed by atoms with E-state index in [0.717, 1.165) is 97.5 Å². The van der Waals surface area contributed by atoms with Gasteiger partial charge in [0.15, 0.2) is 11.5 Å². The van der Waals surface area contributed by atoms with Crippen LogP contribution in [0.25, 0.3) is 34.2 Å². The lowest BCUT2D eigenvalue weighted by Crippen LogP contribution is -2.46. The highest BCUT2D eigenvalue weighted by Gasteiger charge is 2.40. The number of amides is 2. The summed E-state index contributed by atoms with van der Waals surface area (Å²) in [6, 6.07) is 37.5. The van der Waals surface area contributed by atoms with E-state index in [-0.39, 0.29) is 33.7 Å². The van der Waals surface area contributed by atoms with E-state index in [9.17, 15) is 31.5 Å². The van der Waals surface area contributed by atoms with Crippen molar-refractivity contribution in [3.05, 3.63) is 196 Å². The molecule has 0 spiro atoms. The van der Waals surface area contributed by atoms with E-state index in [1.54, 1.807) is 68.8 Å². The summed E-state index contributed by atoms with van der Waals surface area (Å²) in [6.45, 7) is 16.5. The summed E-state index contributed by atoms with van der Waals surface area (Å²) in [5.41, 5.74) is 11.0. The number of aliphatic hydroxyl groups is 1. The molecule has 2 amide bonds. The minimum atomic E-state index is -3.62. The second kappa shape index (κ2) is 27.5. The number of piperazine rings is 1. The van der Waals surface area contributed by atoms with Crippen LogP contribution in [0, 0.1) is 13.8 Å². The number of aryl methyl sites for hydroxylation is 2. The van der Waals surface area contributed by atoms with Crippen molar-refractivity contribution in [3.63, 3.8) is 0 Å². The van der Waals surface area contributed by atoms with E-state index < -0.39 is 38.0 Å². The van der Waals surface area contributed by atoms with Crippen LogP contribution in [-0.4, -0.2) is 141 Å². The van der Waals surface area contributed by atoms with E-state index >= 15 is 0 Å². The topological polar surface area (TPSA) is 293 Å². The highest BCUT2D eigenvalue weighted by Crippen LogP contribution is 2.51. The Morgan fingerprint density at radius 3 is 1.61 bits per heavy atom. The van der Waals surface area contributed by atoms with E-state index in [0.29, 0.717) is 56.8 Å². The van der Waals surface area contributed by atoms with Crippen LogP contribution in [0.15, 0.2) is 146 Å². The van der Waals surface area contributed by atoms with Crippen LogP contribution >= 0.6 is 0 Å². The lowest BCUT2D eigenvalue weighted by molar-refractivity contribution is 0.101. The van der Waals surface area contributed by atoms with Crippen molar-refractivity contribution < 1.29 is 41.0 Å². The average molecular weight is 1350 g/mol. The number of aromatic nitrogens is 10. The molecule has 506 valence electrons. The molecule has 1 saturated carbocycles. The minimum absolute atomic E-state index is 0.101. The zero-order valence-electron chi connectivity index (χ0n) is 56.3. The van der Waals surface area contributed by atoms with E-state index in [4.69, 9.17) is 14.5 Å². The van der Waals surface area contributed by atoms with Crippen molar-refractivity contribution in [3.8, 4) is 45.6 Å². The number of carbonyl (C=O) groups is 2. The summed E-state index contributed by atoms with van der Waals surface area (Å²) >= 11 is 0. The third-order valence-corrected chi connectivity index (χ3v) is 18.6. The highest BCUT2D eigenvalue weighted by atomic mass is 32.2. The van der Waals surface area contributed by atoms with Crippen molar-refractivity contribution in [2.75, 3.05) is 77.9 Å². The summed E-state index contributed by atoms with van der Waals surface area (Å²) in [6.07, 6.45) is 10.2. The number of benzene rings is 6. The van der Waals surface area contributed by atoms with Crippen molar-refractivity contribution in [2.45, 2.75) is 77.9 Å². The molecule has 1 saturated heterocycles. The van der Waals surface area contributed by atoms with Crippen molar-refractivity contribution in [2.24, 2.45) is 14.1 Å². The molecule has 5 N–H and O–H groups in total. The standard InChI is InChI=1S/C37H45N9O4S.C33H35N7O5S/c1-25-13-14-27(35(47)39-29-20-28(37(2,3)4)21-30(34(29)50-6)41-51(7,48)49)19-32(25)46-24-31(40-42-46)33-22-38-36(43(33)5)45-17-15-44(16-18-45)23-26-11-9-8-10-12-26;1-20-11-12-22(32(42)35-24-16-23(33(2)13-14-33)17-25(30(24)45-4)37-46(5,43)44)15-27(20)40-19-26(36-38-40)28-18-34-31(39(28)3)29(41)21-9-7-6-8-10-21/h8-14,19-22,24,41H,15-18,23H2,1-7H3,(H,39,47);6-12,15-19,29,37,41H,13-14H2,1-5H3,(H,35,42). The summed E-state index contributed by atoms with van der Waals surface area (Å²) in [5, 5.41) is 34.3. The maximum absolute atomic E-state index is 13.7. The molecular formula is C70H80N16O9S2. The number of aliphatic hydroxyl groups excluding tert-OH is 1. The number of sulfonamides is 2. The third kappa shape index (κ3) is 15.5. The predicted molar refractivity (Wildman–Crippen MR) is 375 cm³/mol. The molecule has 6 aromatic carbocycles. The monoisotopic (exact) mass is 1350 g/mol. The molecule has 1 unspecified atom stereocenters. The highest BCUT2D eigenvalue weighted by molar-refractivity contribution is 7.92. The number of rotatable bonds is 20. The first-order valence-electron chi connectivity index (χ1n) is 31.5. The number of methoxy groups -OCH3 is 2. The Kier molecular flexibility index (Phi) is 19.3. The molecule has 27 heteroatoms. The molecule has 1 atom stereocenters. The zero-order valence-corrected chi connectivity index (χ0v) is 57.9. The molecule has 0 radical (unpaired) electrons. The number of hydrogen-bond donors (Lipinski definition) is 5. The van der Waals surface area contributed by atoms with Crippen LogP contribution in [0.2, 0.25) is 0 Å². The smallest absolute Gasteiger partial charge is 0.255 e. The van der Waals surface area contributed by atoms with Crippen molar-refractivity contribution >= 4 is 60.6 Å². The fourth-order valence-corrected chi connectivity index (χ4v) is 12.8. The Bertz CT molecular complexity index is 4800. The van der Waals surface area contributed by atoms with Crippen molar-refractivity contribution in [1.82, 2.24) is 54.0 Å². The zero-order chi connectivity index (χ0) is 69.3. The van der Waals surface area contributed by atoms with Crippen LogP contribution in [0.5, 0.6) is 11.5 Å². The Balaban J connectivity index is 0.000000198. The van der Waals surface area contributed by atoms with Gasteiger partial charge in [-0.3, -0.25) is 23.9 Å². The molecule has 1 aliphatic heterocycles. The van der Waals surface area contributed by atoms with Gasteiger partial charge in [-0.05, 0) is 119 Å². The number of imidazole rings is 2. The normalized spacial score (nSPS) is 14.3. The number of nitrogens with zero attached hydrogens (tertiary/aromatic N) is 12. The van der Waals surface area contributed by atoms with Gasteiger partial charge in [0.25, 0.3) is 11.8 Å².